The van der Waals surface area contributed by atoms with Gasteiger partial charge >= 0.3 is 0 Å². The predicted molar refractivity (Wildman–Crippen MR) is 227 cm³/mol. The van der Waals surface area contributed by atoms with Crippen LogP contribution in [0.3, 0.4) is 0 Å². The molecule has 59 heavy (non-hydrogen) atoms. The van der Waals surface area contributed by atoms with Crippen LogP contribution in [0.5, 0.6) is 0 Å². The molecule has 0 atom stereocenters. The molecule has 0 saturated carbocycles. The Kier molecular flexibility index (Phi) is 12.7. The first-order chi connectivity index (χ1) is 28.0. The molecule has 6 heterocycles. The van der Waals surface area contributed by atoms with E-state index in [1.54, 1.807) is 48.9 Å². The molecule has 13 nitrogen and oxygen atoms in total. The number of anilines is 4. The molecule has 8 aromatic rings. The SMILES string of the molecule is CC(C)c1cnc(-c2ccc(F)cc2)nc1Nc1ccnc2[nH]ccc12.CNC(=O)C(=O)c1c[nH]c2nccc(Nc3nc(-c4ccc(F)cc4)ncc3C(C)C)c12.Cl. The Morgan fingerprint density at radius 1 is 0.644 bits per heavy atom. The summed E-state index contributed by atoms with van der Waals surface area (Å²) in [6.07, 6.45) is 10.2. The fourth-order valence-electron chi connectivity index (χ4n) is 6.20. The van der Waals surface area contributed by atoms with Crippen LogP contribution >= 0.6 is 12.4 Å². The number of nitrogens with zero attached hydrogens (tertiary/aromatic N) is 6. The molecule has 300 valence electrons. The average Bonchev–Trinajstić information content (AvgIpc) is 3.90. The highest BCUT2D eigenvalue weighted by Gasteiger charge is 2.22. The number of likely N-dealkylation sites (N-methyl/N-ethyl adjacent to an activating group) is 1. The van der Waals surface area contributed by atoms with Gasteiger partial charge < -0.3 is 25.9 Å². The third kappa shape index (κ3) is 9.05. The van der Waals surface area contributed by atoms with Crippen molar-refractivity contribution in [2.24, 2.45) is 0 Å². The van der Waals surface area contributed by atoms with Crippen molar-refractivity contribution in [2.75, 3.05) is 17.7 Å². The number of carbonyl (C=O) groups is 2. The maximum Gasteiger partial charge on any atom is 0.292 e. The highest BCUT2D eigenvalue weighted by molar-refractivity contribution is 6.45. The van der Waals surface area contributed by atoms with Gasteiger partial charge in [-0.3, -0.25) is 9.59 Å². The molecule has 2 aromatic carbocycles. The third-order valence-electron chi connectivity index (χ3n) is 9.30. The molecular formula is C43H40ClF2N11O2. The van der Waals surface area contributed by atoms with Gasteiger partial charge in [-0.2, -0.15) is 0 Å². The van der Waals surface area contributed by atoms with E-state index >= 15 is 0 Å². The van der Waals surface area contributed by atoms with Crippen molar-refractivity contribution in [3.63, 3.8) is 0 Å². The van der Waals surface area contributed by atoms with E-state index < -0.39 is 11.7 Å². The van der Waals surface area contributed by atoms with E-state index in [0.29, 0.717) is 39.8 Å². The van der Waals surface area contributed by atoms with Crippen LogP contribution < -0.4 is 16.0 Å². The normalized spacial score (nSPS) is 10.9. The number of amides is 1. The number of fused-ring (bicyclic) bond motifs is 2. The molecule has 0 fully saturated rings. The minimum absolute atomic E-state index is 0. The van der Waals surface area contributed by atoms with Crippen LogP contribution in [0.2, 0.25) is 0 Å². The zero-order valence-corrected chi connectivity index (χ0v) is 33.5. The number of rotatable bonds is 10. The molecule has 5 N–H and O–H groups in total. The van der Waals surface area contributed by atoms with Gasteiger partial charge in [-0.25, -0.2) is 38.7 Å². The Morgan fingerprint density at radius 2 is 1.15 bits per heavy atom. The van der Waals surface area contributed by atoms with Gasteiger partial charge in [-0.05, 0) is 78.6 Å². The number of Topliss-reactive ketones (excluding diaryl/α,β-unsaturated/α-hetero) is 1. The van der Waals surface area contributed by atoms with Crippen molar-refractivity contribution in [3.8, 4) is 22.8 Å². The van der Waals surface area contributed by atoms with E-state index in [2.05, 4.69) is 64.7 Å². The lowest BCUT2D eigenvalue weighted by molar-refractivity contribution is -0.116. The molecule has 0 radical (unpaired) electrons. The van der Waals surface area contributed by atoms with Gasteiger partial charge in [0.15, 0.2) is 11.6 Å². The highest BCUT2D eigenvalue weighted by atomic mass is 35.5. The number of pyridine rings is 2. The fraction of sp³-hybridized carbons (Fsp3) is 0.163. The molecule has 16 heteroatoms. The van der Waals surface area contributed by atoms with Gasteiger partial charge in [0, 0.05) is 71.9 Å². The molecule has 0 aliphatic heterocycles. The topological polar surface area (TPSA) is 179 Å². The monoisotopic (exact) mass is 815 g/mol. The number of aromatic amines is 2. The Morgan fingerprint density at radius 3 is 1.68 bits per heavy atom. The van der Waals surface area contributed by atoms with E-state index in [-0.39, 0.29) is 41.4 Å². The summed E-state index contributed by atoms with van der Waals surface area (Å²) in [6.45, 7) is 8.22. The average molecular weight is 816 g/mol. The standard InChI is InChI=1S/C23H21FN6O2.C20H18FN5.ClH/c1-12(2)15-10-27-20(13-4-6-14(24)7-5-13)30-21(15)29-17-8-9-26-22-18(17)16(11-28-22)19(31)23(32)25-3;1-12(2)16-11-24-18(13-3-5-14(21)6-4-13)26-20(16)25-17-8-10-23-19-15(17)7-9-22-19;/h4-12H,1-3H3,(H,25,32)(H2,26,27,28,29,30);3-12H,1-2H3,(H2,22,23,24,25,26);1H. The van der Waals surface area contributed by atoms with E-state index in [0.717, 1.165) is 39.2 Å². The molecule has 6 aromatic heterocycles. The predicted octanol–water partition coefficient (Wildman–Crippen LogP) is 9.40. The van der Waals surface area contributed by atoms with E-state index in [9.17, 15) is 18.4 Å². The minimum atomic E-state index is -0.718. The second-order valence-corrected chi connectivity index (χ2v) is 13.9. The van der Waals surface area contributed by atoms with Crippen molar-refractivity contribution in [1.29, 1.82) is 0 Å². The van der Waals surface area contributed by atoms with Gasteiger partial charge in [-0.15, -0.1) is 12.4 Å². The van der Waals surface area contributed by atoms with Gasteiger partial charge in [0.1, 0.15) is 34.6 Å². The number of hydrogen-bond donors (Lipinski definition) is 5. The Labute approximate surface area is 344 Å². The quantitative estimate of drug-likeness (QED) is 0.0660. The summed E-state index contributed by atoms with van der Waals surface area (Å²) >= 11 is 0. The molecule has 0 saturated heterocycles. The lowest BCUT2D eigenvalue weighted by Gasteiger charge is -2.15. The van der Waals surface area contributed by atoms with Crippen molar-refractivity contribution >= 4 is 69.2 Å². The van der Waals surface area contributed by atoms with Crippen molar-refractivity contribution < 1.29 is 18.4 Å². The molecule has 0 unspecified atom stereocenters. The van der Waals surface area contributed by atoms with E-state index in [1.807, 2.05) is 38.4 Å². The summed E-state index contributed by atoms with van der Waals surface area (Å²) in [5, 5.41) is 10.5. The van der Waals surface area contributed by atoms with E-state index in [4.69, 9.17) is 4.98 Å². The Hall–Kier alpha value is -7.13. The summed E-state index contributed by atoms with van der Waals surface area (Å²) in [6, 6.07) is 17.7. The molecule has 0 aliphatic carbocycles. The number of carbonyl (C=O) groups excluding carboxylic acids is 2. The van der Waals surface area contributed by atoms with Crippen molar-refractivity contribution in [2.45, 2.75) is 39.5 Å². The number of hydrogen-bond acceptors (Lipinski definition) is 10. The van der Waals surface area contributed by atoms with Crippen molar-refractivity contribution in [1.82, 2.24) is 45.2 Å². The second-order valence-electron chi connectivity index (χ2n) is 13.9. The lowest BCUT2D eigenvalue weighted by atomic mass is 10.0. The highest BCUT2D eigenvalue weighted by Crippen LogP contribution is 2.33. The number of H-pyrrole nitrogens is 2. The summed E-state index contributed by atoms with van der Waals surface area (Å²) in [4.78, 5) is 57.4. The molecule has 0 aliphatic rings. The maximum absolute atomic E-state index is 13.3. The summed E-state index contributed by atoms with van der Waals surface area (Å²) < 4.78 is 26.5. The maximum atomic E-state index is 13.3. The summed E-state index contributed by atoms with van der Waals surface area (Å²) in [5.74, 6) is 0.610. The number of aromatic nitrogens is 8. The van der Waals surface area contributed by atoms with Gasteiger partial charge in [0.2, 0.25) is 0 Å². The van der Waals surface area contributed by atoms with Crippen LogP contribution in [0.4, 0.5) is 31.8 Å². The fourth-order valence-corrected chi connectivity index (χ4v) is 6.20. The lowest BCUT2D eigenvalue weighted by Crippen LogP contribution is -2.27. The van der Waals surface area contributed by atoms with Crippen LogP contribution in [0, 0.1) is 11.6 Å². The number of nitrogens with one attached hydrogen (secondary N) is 5. The smallest absolute Gasteiger partial charge is 0.292 e. The summed E-state index contributed by atoms with van der Waals surface area (Å²) in [7, 11) is 1.40. The van der Waals surface area contributed by atoms with Gasteiger partial charge in [0.25, 0.3) is 11.7 Å². The van der Waals surface area contributed by atoms with E-state index in [1.165, 1.54) is 37.5 Å². The number of halogens is 3. The molecule has 0 spiro atoms. The minimum Gasteiger partial charge on any atom is -0.352 e. The zero-order chi connectivity index (χ0) is 40.9. The molecule has 1 amide bonds. The van der Waals surface area contributed by atoms with Crippen LogP contribution in [-0.4, -0.2) is 58.6 Å². The first-order valence-corrected chi connectivity index (χ1v) is 18.4. The molecule has 8 rings (SSSR count). The van der Waals surface area contributed by atoms with Crippen LogP contribution in [0.15, 0.2) is 104 Å². The van der Waals surface area contributed by atoms with Crippen LogP contribution in [0.1, 0.15) is 61.0 Å². The van der Waals surface area contributed by atoms with Crippen LogP contribution in [0.25, 0.3) is 44.8 Å². The largest absolute Gasteiger partial charge is 0.352 e. The Balaban J connectivity index is 0.000000199. The van der Waals surface area contributed by atoms with Crippen molar-refractivity contribution in [3.05, 3.63) is 132 Å². The molecular weight excluding hydrogens is 776 g/mol. The van der Waals surface area contributed by atoms with Gasteiger partial charge in [-0.1, -0.05) is 27.7 Å². The van der Waals surface area contributed by atoms with Crippen LogP contribution in [-0.2, 0) is 4.79 Å². The third-order valence-corrected chi connectivity index (χ3v) is 9.30. The Bertz CT molecular complexity index is 2750. The summed E-state index contributed by atoms with van der Waals surface area (Å²) in [5.41, 5.74) is 6.26. The zero-order valence-electron chi connectivity index (χ0n) is 32.6. The number of benzene rings is 2. The number of ketones is 1. The molecule has 0 bridgehead atoms. The first-order valence-electron chi connectivity index (χ1n) is 18.4. The first kappa shape index (κ1) is 41.5. The van der Waals surface area contributed by atoms with Gasteiger partial charge in [0.05, 0.1) is 22.3 Å². The second kappa shape index (κ2) is 18.0.